The van der Waals surface area contributed by atoms with Gasteiger partial charge in [-0.3, -0.25) is 15.1 Å². The van der Waals surface area contributed by atoms with E-state index in [2.05, 4.69) is 4.99 Å². The molecule has 20 heavy (non-hydrogen) atoms. The first-order chi connectivity index (χ1) is 9.50. The van der Waals surface area contributed by atoms with Crippen LogP contribution in [0.3, 0.4) is 0 Å². The maximum Gasteiger partial charge on any atom is 0.274 e. The Balaban J connectivity index is 2.40. The normalized spacial score (nSPS) is 10.9. The van der Waals surface area contributed by atoms with E-state index in [4.69, 9.17) is 23.2 Å². The summed E-state index contributed by atoms with van der Waals surface area (Å²) in [5.41, 5.74) is 1.73. The predicted molar refractivity (Wildman–Crippen MR) is 81.5 cm³/mol. The summed E-state index contributed by atoms with van der Waals surface area (Å²) < 4.78 is 0. The van der Waals surface area contributed by atoms with Crippen molar-refractivity contribution in [2.24, 2.45) is 4.99 Å². The van der Waals surface area contributed by atoms with E-state index in [0.29, 0.717) is 26.9 Å². The molecule has 0 unspecified atom stereocenters. The lowest BCUT2D eigenvalue weighted by atomic mass is 10.1. The fraction of sp³-hybridized carbons (Fsp3) is 0.0714. The molecule has 0 aliphatic rings. The lowest BCUT2D eigenvalue weighted by Gasteiger charge is -2.02. The molecule has 102 valence electrons. The van der Waals surface area contributed by atoms with Crippen LogP contribution in [0.1, 0.15) is 11.1 Å². The number of aliphatic imine (C=N–C) groups is 1. The van der Waals surface area contributed by atoms with E-state index in [-0.39, 0.29) is 5.69 Å². The van der Waals surface area contributed by atoms with Crippen LogP contribution in [-0.4, -0.2) is 11.1 Å². The van der Waals surface area contributed by atoms with Crippen molar-refractivity contribution < 1.29 is 4.92 Å². The molecule has 6 heteroatoms. The topological polar surface area (TPSA) is 55.5 Å². The Labute approximate surface area is 125 Å². The van der Waals surface area contributed by atoms with Gasteiger partial charge in [-0.2, -0.15) is 0 Å². The zero-order valence-corrected chi connectivity index (χ0v) is 12.0. The fourth-order valence-corrected chi connectivity index (χ4v) is 2.07. The van der Waals surface area contributed by atoms with Crippen LogP contribution in [0.2, 0.25) is 10.0 Å². The molecule has 2 aromatic rings. The van der Waals surface area contributed by atoms with E-state index in [0.717, 1.165) is 0 Å². The van der Waals surface area contributed by atoms with Crippen LogP contribution in [0.5, 0.6) is 0 Å². The van der Waals surface area contributed by atoms with Crippen molar-refractivity contribution in [1.82, 2.24) is 0 Å². The van der Waals surface area contributed by atoms with Gasteiger partial charge in [0.05, 0.1) is 26.2 Å². The first kappa shape index (κ1) is 14.5. The van der Waals surface area contributed by atoms with E-state index < -0.39 is 4.92 Å². The molecule has 0 atom stereocenters. The van der Waals surface area contributed by atoms with E-state index >= 15 is 0 Å². The molecule has 0 aliphatic carbocycles. The van der Waals surface area contributed by atoms with E-state index in [1.54, 1.807) is 43.5 Å². The van der Waals surface area contributed by atoms with Crippen molar-refractivity contribution >= 4 is 40.8 Å². The van der Waals surface area contributed by atoms with Gasteiger partial charge in [0.2, 0.25) is 0 Å². The SMILES string of the molecule is Cc1c(/N=C/c2cccc(Cl)c2Cl)cccc1[N+](=O)[O-]. The van der Waals surface area contributed by atoms with Gasteiger partial charge >= 0.3 is 0 Å². The van der Waals surface area contributed by atoms with Gasteiger partial charge in [0, 0.05) is 17.8 Å². The maximum absolute atomic E-state index is 10.9. The molecule has 0 saturated heterocycles. The van der Waals surface area contributed by atoms with Crippen LogP contribution in [0.4, 0.5) is 11.4 Å². The van der Waals surface area contributed by atoms with Gasteiger partial charge in [0.25, 0.3) is 5.69 Å². The minimum absolute atomic E-state index is 0.0387. The number of rotatable bonds is 3. The fourth-order valence-electron chi connectivity index (χ4n) is 1.71. The number of nitrogens with zero attached hydrogens (tertiary/aromatic N) is 2. The monoisotopic (exact) mass is 308 g/mol. The van der Waals surface area contributed by atoms with Crippen LogP contribution in [-0.2, 0) is 0 Å². The van der Waals surface area contributed by atoms with Gasteiger partial charge < -0.3 is 0 Å². The highest BCUT2D eigenvalue weighted by Gasteiger charge is 2.12. The molecule has 0 spiro atoms. The van der Waals surface area contributed by atoms with Gasteiger partial charge in [-0.05, 0) is 19.1 Å². The van der Waals surface area contributed by atoms with Crippen LogP contribution in [0.15, 0.2) is 41.4 Å². The Bertz CT molecular complexity index is 700. The Kier molecular flexibility index (Phi) is 4.37. The standard InChI is InChI=1S/C14H10Cl2N2O2/c1-9-12(6-3-7-13(9)18(19)20)17-8-10-4-2-5-11(15)14(10)16/h2-8H,1H3/b17-8+. The van der Waals surface area contributed by atoms with E-state index in [1.165, 1.54) is 6.07 Å². The number of nitro benzene ring substituents is 1. The third-order valence-corrected chi connectivity index (χ3v) is 3.63. The highest BCUT2D eigenvalue weighted by atomic mass is 35.5. The number of halogens is 2. The largest absolute Gasteiger partial charge is 0.274 e. The lowest BCUT2D eigenvalue weighted by Crippen LogP contribution is -1.91. The van der Waals surface area contributed by atoms with Gasteiger partial charge in [-0.25, -0.2) is 0 Å². The van der Waals surface area contributed by atoms with Crippen molar-refractivity contribution in [3.05, 3.63) is 67.7 Å². The van der Waals surface area contributed by atoms with Crippen LogP contribution in [0.25, 0.3) is 0 Å². The molecule has 0 bridgehead atoms. The predicted octanol–water partition coefficient (Wildman–Crippen LogP) is 4.96. The van der Waals surface area contributed by atoms with Gasteiger partial charge in [0.15, 0.2) is 0 Å². The molecule has 0 radical (unpaired) electrons. The second kappa shape index (κ2) is 6.03. The first-order valence-corrected chi connectivity index (χ1v) is 6.48. The molecular formula is C14H10Cl2N2O2. The average molecular weight is 309 g/mol. The molecular weight excluding hydrogens is 299 g/mol. The summed E-state index contributed by atoms with van der Waals surface area (Å²) in [4.78, 5) is 14.7. The second-order valence-electron chi connectivity index (χ2n) is 4.08. The summed E-state index contributed by atoms with van der Waals surface area (Å²) >= 11 is 12.0. The Morgan fingerprint density at radius 2 is 1.90 bits per heavy atom. The summed E-state index contributed by atoms with van der Waals surface area (Å²) in [6.07, 6.45) is 1.54. The maximum atomic E-state index is 10.9. The van der Waals surface area contributed by atoms with Crippen LogP contribution >= 0.6 is 23.2 Å². The molecule has 0 amide bonds. The molecule has 0 heterocycles. The quantitative estimate of drug-likeness (QED) is 0.457. The van der Waals surface area contributed by atoms with Crippen molar-refractivity contribution in [3.8, 4) is 0 Å². The Hall–Kier alpha value is -1.91. The third-order valence-electron chi connectivity index (χ3n) is 2.80. The molecule has 4 nitrogen and oxygen atoms in total. The molecule has 0 fully saturated rings. The van der Waals surface area contributed by atoms with Crippen molar-refractivity contribution in [1.29, 1.82) is 0 Å². The summed E-state index contributed by atoms with van der Waals surface area (Å²) in [6, 6.07) is 9.95. The molecule has 0 aromatic heterocycles. The zero-order valence-electron chi connectivity index (χ0n) is 10.5. The third kappa shape index (κ3) is 2.98. The molecule has 2 rings (SSSR count). The van der Waals surface area contributed by atoms with E-state index in [9.17, 15) is 10.1 Å². The minimum atomic E-state index is -0.430. The summed E-state index contributed by atoms with van der Waals surface area (Å²) in [7, 11) is 0. The second-order valence-corrected chi connectivity index (χ2v) is 4.86. The number of nitro groups is 1. The van der Waals surface area contributed by atoms with Gasteiger partial charge in [-0.15, -0.1) is 0 Å². The van der Waals surface area contributed by atoms with Crippen LogP contribution < -0.4 is 0 Å². The Morgan fingerprint density at radius 1 is 1.20 bits per heavy atom. The molecule has 0 saturated carbocycles. The van der Waals surface area contributed by atoms with Crippen molar-refractivity contribution in [2.45, 2.75) is 6.92 Å². The first-order valence-electron chi connectivity index (χ1n) is 5.73. The average Bonchev–Trinajstić information content (AvgIpc) is 2.41. The molecule has 0 N–H and O–H groups in total. The Morgan fingerprint density at radius 3 is 2.60 bits per heavy atom. The summed E-state index contributed by atoms with van der Waals surface area (Å²) in [5.74, 6) is 0. The van der Waals surface area contributed by atoms with Crippen LogP contribution in [0, 0.1) is 17.0 Å². The van der Waals surface area contributed by atoms with Gasteiger partial charge in [-0.1, -0.05) is 41.4 Å². The van der Waals surface area contributed by atoms with Crippen molar-refractivity contribution in [3.63, 3.8) is 0 Å². The highest BCUT2D eigenvalue weighted by molar-refractivity contribution is 6.43. The number of hydrogen-bond acceptors (Lipinski definition) is 3. The highest BCUT2D eigenvalue weighted by Crippen LogP contribution is 2.28. The summed E-state index contributed by atoms with van der Waals surface area (Å²) in [5, 5.41) is 11.7. The minimum Gasteiger partial charge on any atom is -0.258 e. The lowest BCUT2D eigenvalue weighted by molar-refractivity contribution is -0.385. The van der Waals surface area contributed by atoms with Crippen molar-refractivity contribution in [2.75, 3.05) is 0 Å². The number of benzene rings is 2. The molecule has 0 aliphatic heterocycles. The molecule has 2 aromatic carbocycles. The van der Waals surface area contributed by atoms with Gasteiger partial charge in [0.1, 0.15) is 0 Å². The van der Waals surface area contributed by atoms with E-state index in [1.807, 2.05) is 0 Å². The number of hydrogen-bond donors (Lipinski definition) is 0. The smallest absolute Gasteiger partial charge is 0.258 e. The zero-order chi connectivity index (χ0) is 14.7. The summed E-state index contributed by atoms with van der Waals surface area (Å²) in [6.45, 7) is 1.66.